The topological polar surface area (TPSA) is 51.0 Å². The number of thioether (sulfide) groups is 1. The third kappa shape index (κ3) is 3.63. The zero-order valence-electron chi connectivity index (χ0n) is 15.3. The molecule has 1 aliphatic heterocycles. The molecule has 0 saturated carbocycles. The first-order chi connectivity index (χ1) is 13.7. The normalized spacial score (nSPS) is 15.6. The Morgan fingerprint density at radius 2 is 1.89 bits per heavy atom. The van der Waals surface area contributed by atoms with E-state index in [0.29, 0.717) is 15.8 Å². The summed E-state index contributed by atoms with van der Waals surface area (Å²) in [5, 5.41) is 4.77. The Hall–Kier alpha value is -2.77. The summed E-state index contributed by atoms with van der Waals surface area (Å²) < 4.78 is 2.44. The molecule has 1 aliphatic rings. The first kappa shape index (κ1) is 18.6. The molecule has 28 heavy (non-hydrogen) atoms. The minimum Gasteiger partial charge on any atom is -0.293 e. The van der Waals surface area contributed by atoms with Crippen LogP contribution in [0.4, 0.5) is 0 Å². The molecule has 0 unspecified atom stereocenters. The van der Waals surface area contributed by atoms with Crippen molar-refractivity contribution in [2.75, 3.05) is 6.54 Å². The molecule has 1 saturated heterocycles. The van der Waals surface area contributed by atoms with Gasteiger partial charge in [0.05, 0.1) is 10.6 Å². The molecule has 4 rings (SSSR count). The maximum absolute atomic E-state index is 12.7. The van der Waals surface area contributed by atoms with Crippen molar-refractivity contribution in [3.8, 4) is 16.9 Å². The average Bonchev–Trinajstić information content (AvgIpc) is 3.26. The Balaban J connectivity index is 1.79. The fourth-order valence-corrected chi connectivity index (χ4v) is 4.30. The van der Waals surface area contributed by atoms with Crippen molar-refractivity contribution in [1.82, 2.24) is 19.7 Å². The maximum Gasteiger partial charge on any atom is 0.266 e. The molecule has 1 amide bonds. The van der Waals surface area contributed by atoms with Crippen LogP contribution in [0.15, 0.2) is 66.0 Å². The summed E-state index contributed by atoms with van der Waals surface area (Å²) in [4.78, 5) is 19.1. The van der Waals surface area contributed by atoms with E-state index in [1.54, 1.807) is 17.3 Å². The van der Waals surface area contributed by atoms with Gasteiger partial charge in [-0.1, -0.05) is 49.1 Å². The van der Waals surface area contributed by atoms with Crippen molar-refractivity contribution in [1.29, 1.82) is 0 Å². The van der Waals surface area contributed by atoms with Crippen molar-refractivity contribution in [3.05, 3.63) is 71.5 Å². The number of pyridine rings is 1. The monoisotopic (exact) mass is 406 g/mol. The van der Waals surface area contributed by atoms with Crippen LogP contribution >= 0.6 is 24.0 Å². The number of para-hydroxylation sites is 1. The number of carbonyl (C=O) groups is 1. The van der Waals surface area contributed by atoms with Gasteiger partial charge >= 0.3 is 0 Å². The molecule has 2 aromatic heterocycles. The molecular weight excluding hydrogens is 388 g/mol. The summed E-state index contributed by atoms with van der Waals surface area (Å²) in [6, 6.07) is 13.7. The van der Waals surface area contributed by atoms with E-state index in [-0.39, 0.29) is 5.91 Å². The number of hydrogen-bond acceptors (Lipinski definition) is 5. The minimum absolute atomic E-state index is 0.0370. The lowest BCUT2D eigenvalue weighted by molar-refractivity contribution is -0.122. The first-order valence-corrected chi connectivity index (χ1v) is 10.2. The maximum atomic E-state index is 12.7. The zero-order chi connectivity index (χ0) is 19.5. The molecule has 0 spiro atoms. The van der Waals surface area contributed by atoms with Crippen LogP contribution in [-0.2, 0) is 4.79 Å². The molecule has 7 heteroatoms. The Morgan fingerprint density at radius 1 is 1.14 bits per heavy atom. The number of benzene rings is 1. The van der Waals surface area contributed by atoms with E-state index >= 15 is 0 Å². The van der Waals surface area contributed by atoms with Crippen molar-refractivity contribution < 1.29 is 4.79 Å². The van der Waals surface area contributed by atoms with Crippen LogP contribution in [0.2, 0.25) is 0 Å². The van der Waals surface area contributed by atoms with Crippen LogP contribution in [0.1, 0.15) is 18.9 Å². The van der Waals surface area contributed by atoms with E-state index in [1.807, 2.05) is 66.3 Å². The fraction of sp³-hybridized carbons (Fsp3) is 0.143. The molecule has 0 N–H and O–H groups in total. The Morgan fingerprint density at radius 3 is 2.61 bits per heavy atom. The van der Waals surface area contributed by atoms with E-state index < -0.39 is 0 Å². The molecule has 3 heterocycles. The highest BCUT2D eigenvalue weighted by Gasteiger charge is 2.31. The van der Waals surface area contributed by atoms with Gasteiger partial charge in [0.15, 0.2) is 0 Å². The molecule has 1 fully saturated rings. The van der Waals surface area contributed by atoms with Gasteiger partial charge in [-0.15, -0.1) is 0 Å². The van der Waals surface area contributed by atoms with Gasteiger partial charge in [0, 0.05) is 36.3 Å². The van der Waals surface area contributed by atoms with Gasteiger partial charge in [0.1, 0.15) is 10.0 Å². The minimum atomic E-state index is -0.0370. The van der Waals surface area contributed by atoms with Gasteiger partial charge < -0.3 is 0 Å². The summed E-state index contributed by atoms with van der Waals surface area (Å²) in [5.74, 6) is -0.0370. The number of thiocarbonyl (C=S) groups is 1. The highest BCUT2D eigenvalue weighted by atomic mass is 32.2. The van der Waals surface area contributed by atoms with Crippen molar-refractivity contribution in [3.63, 3.8) is 0 Å². The standard InChI is InChI=1S/C21H18N4OS2/c1-2-12-24-20(26)18(28-21(24)27)13-16-14-25(17-6-4-3-5-7-17)23-19(16)15-8-10-22-11-9-15/h3-11,13-14H,2,12H2,1H3/b18-13-. The summed E-state index contributed by atoms with van der Waals surface area (Å²) >= 11 is 6.73. The molecule has 3 aromatic rings. The van der Waals surface area contributed by atoms with E-state index in [1.165, 1.54) is 11.8 Å². The lowest BCUT2D eigenvalue weighted by atomic mass is 10.1. The largest absolute Gasteiger partial charge is 0.293 e. The predicted molar refractivity (Wildman–Crippen MR) is 117 cm³/mol. The van der Waals surface area contributed by atoms with E-state index in [4.69, 9.17) is 17.3 Å². The van der Waals surface area contributed by atoms with Crippen molar-refractivity contribution >= 4 is 40.3 Å². The average molecular weight is 407 g/mol. The van der Waals surface area contributed by atoms with Gasteiger partial charge in [0.25, 0.3) is 5.91 Å². The molecule has 140 valence electrons. The van der Waals surface area contributed by atoms with Gasteiger partial charge in [0.2, 0.25) is 0 Å². The Kier molecular flexibility index (Phi) is 5.36. The predicted octanol–water partition coefficient (Wildman–Crippen LogP) is 4.55. The molecule has 0 bridgehead atoms. The van der Waals surface area contributed by atoms with Gasteiger partial charge in [-0.05, 0) is 36.8 Å². The van der Waals surface area contributed by atoms with Gasteiger partial charge in [-0.3, -0.25) is 14.7 Å². The second-order valence-electron chi connectivity index (χ2n) is 6.28. The smallest absolute Gasteiger partial charge is 0.266 e. The molecule has 0 radical (unpaired) electrons. The van der Waals surface area contributed by atoms with E-state index in [2.05, 4.69) is 4.98 Å². The number of hydrogen-bond donors (Lipinski definition) is 0. The summed E-state index contributed by atoms with van der Waals surface area (Å²) in [6.45, 7) is 2.68. The van der Waals surface area contributed by atoms with Crippen LogP contribution < -0.4 is 0 Å². The Labute approximate surface area is 173 Å². The zero-order valence-corrected chi connectivity index (χ0v) is 16.9. The summed E-state index contributed by atoms with van der Waals surface area (Å²) in [6.07, 6.45) is 8.17. The lowest BCUT2D eigenvalue weighted by Gasteiger charge is -2.11. The third-order valence-corrected chi connectivity index (χ3v) is 5.70. The lowest BCUT2D eigenvalue weighted by Crippen LogP contribution is -2.28. The van der Waals surface area contributed by atoms with Crippen LogP contribution in [-0.4, -0.2) is 36.4 Å². The molecule has 0 atom stereocenters. The van der Waals surface area contributed by atoms with Gasteiger partial charge in [-0.2, -0.15) is 5.10 Å². The molecule has 5 nitrogen and oxygen atoms in total. The number of nitrogens with zero attached hydrogens (tertiary/aromatic N) is 4. The fourth-order valence-electron chi connectivity index (χ4n) is 3.00. The van der Waals surface area contributed by atoms with E-state index in [0.717, 1.165) is 28.9 Å². The van der Waals surface area contributed by atoms with Crippen LogP contribution in [0.25, 0.3) is 23.0 Å². The quantitative estimate of drug-likeness (QED) is 0.460. The number of carbonyl (C=O) groups excluding carboxylic acids is 1. The highest BCUT2D eigenvalue weighted by molar-refractivity contribution is 8.26. The highest BCUT2D eigenvalue weighted by Crippen LogP contribution is 2.34. The molecular formula is C21H18N4OS2. The number of aromatic nitrogens is 3. The first-order valence-electron chi connectivity index (χ1n) is 8.98. The second kappa shape index (κ2) is 8.08. The summed E-state index contributed by atoms with van der Waals surface area (Å²) in [5.41, 5.74) is 3.56. The third-order valence-electron chi connectivity index (χ3n) is 4.32. The van der Waals surface area contributed by atoms with E-state index in [9.17, 15) is 4.79 Å². The molecule has 1 aromatic carbocycles. The number of amides is 1. The van der Waals surface area contributed by atoms with Crippen molar-refractivity contribution in [2.24, 2.45) is 0 Å². The van der Waals surface area contributed by atoms with Crippen LogP contribution in [0, 0.1) is 0 Å². The summed E-state index contributed by atoms with van der Waals surface area (Å²) in [7, 11) is 0. The number of rotatable bonds is 5. The van der Waals surface area contributed by atoms with Crippen LogP contribution in [0.5, 0.6) is 0 Å². The second-order valence-corrected chi connectivity index (χ2v) is 7.96. The molecule has 0 aliphatic carbocycles. The van der Waals surface area contributed by atoms with Crippen LogP contribution in [0.3, 0.4) is 0 Å². The Bertz CT molecular complexity index is 1040. The van der Waals surface area contributed by atoms with Crippen molar-refractivity contribution in [2.45, 2.75) is 13.3 Å². The van der Waals surface area contributed by atoms with Gasteiger partial charge in [-0.25, -0.2) is 4.68 Å². The SMILES string of the molecule is CCCN1C(=O)/C(=C/c2cn(-c3ccccc3)nc2-c2ccncc2)SC1=S.